The van der Waals surface area contributed by atoms with Crippen LogP contribution in [-0.4, -0.2) is 37.9 Å². The molecule has 0 spiro atoms. The van der Waals surface area contributed by atoms with Gasteiger partial charge in [-0.05, 0) is 44.8 Å². The zero-order chi connectivity index (χ0) is 15.5. The molecule has 1 saturated heterocycles. The van der Waals surface area contributed by atoms with Gasteiger partial charge in [-0.3, -0.25) is 9.59 Å². The van der Waals surface area contributed by atoms with Crippen LogP contribution in [0.3, 0.4) is 0 Å². The highest BCUT2D eigenvalue weighted by molar-refractivity contribution is 5.89. The quantitative estimate of drug-likeness (QED) is 0.822. The smallest absolute Gasteiger partial charge is 0.223 e. The van der Waals surface area contributed by atoms with Crippen LogP contribution in [0.1, 0.15) is 32.6 Å². The van der Waals surface area contributed by atoms with Gasteiger partial charge in [0.05, 0.1) is 6.26 Å². The van der Waals surface area contributed by atoms with E-state index in [2.05, 4.69) is 10.6 Å². The number of allylic oxidation sites excluding steroid dienone is 1. The standard InChI is InChI=1S/C17H24N2O3/c1-11-14(16(20)8-13-9-22-10-15(11)13)4-7-19-17(21)12-2-5-18-6-3-12/h9,12,14,18H,2-8,10H2,1H3,(H,19,21). The van der Waals surface area contributed by atoms with E-state index in [1.807, 2.05) is 6.92 Å². The molecule has 1 aliphatic carbocycles. The van der Waals surface area contributed by atoms with E-state index in [9.17, 15) is 9.59 Å². The highest BCUT2D eigenvalue weighted by atomic mass is 16.5. The lowest BCUT2D eigenvalue weighted by Gasteiger charge is -2.25. The van der Waals surface area contributed by atoms with Gasteiger partial charge in [-0.2, -0.15) is 0 Å². The summed E-state index contributed by atoms with van der Waals surface area (Å²) in [5.74, 6) is 0.441. The Labute approximate surface area is 131 Å². The molecule has 120 valence electrons. The molecule has 1 amide bonds. The molecule has 22 heavy (non-hydrogen) atoms. The van der Waals surface area contributed by atoms with E-state index in [1.165, 1.54) is 5.57 Å². The lowest BCUT2D eigenvalue weighted by Crippen LogP contribution is -2.39. The maximum Gasteiger partial charge on any atom is 0.223 e. The number of fused-ring (bicyclic) bond motifs is 1. The lowest BCUT2D eigenvalue weighted by atomic mass is 9.79. The molecule has 1 unspecified atom stereocenters. The zero-order valence-corrected chi connectivity index (χ0v) is 13.1. The number of ether oxygens (including phenoxy) is 1. The van der Waals surface area contributed by atoms with Gasteiger partial charge in [-0.1, -0.05) is 5.57 Å². The Morgan fingerprint density at radius 3 is 2.95 bits per heavy atom. The fourth-order valence-corrected chi connectivity index (χ4v) is 3.61. The molecule has 0 bridgehead atoms. The van der Waals surface area contributed by atoms with Gasteiger partial charge in [0, 0.05) is 30.4 Å². The van der Waals surface area contributed by atoms with Gasteiger partial charge >= 0.3 is 0 Å². The fraction of sp³-hybridized carbons (Fsp3) is 0.647. The molecule has 5 nitrogen and oxygen atoms in total. The maximum atomic E-state index is 12.3. The largest absolute Gasteiger partial charge is 0.496 e. The van der Waals surface area contributed by atoms with E-state index in [4.69, 9.17) is 4.74 Å². The molecule has 0 aromatic carbocycles. The van der Waals surface area contributed by atoms with Crippen LogP contribution in [0.15, 0.2) is 23.0 Å². The number of nitrogens with one attached hydrogen (secondary N) is 2. The van der Waals surface area contributed by atoms with Gasteiger partial charge in [0.25, 0.3) is 0 Å². The Bertz CT molecular complexity index is 530. The van der Waals surface area contributed by atoms with Crippen LogP contribution in [0.5, 0.6) is 0 Å². The van der Waals surface area contributed by atoms with Crippen molar-refractivity contribution < 1.29 is 14.3 Å². The first-order chi connectivity index (χ1) is 10.7. The Kier molecular flexibility index (Phi) is 4.62. The molecule has 3 aliphatic rings. The van der Waals surface area contributed by atoms with Gasteiger partial charge in [0.2, 0.25) is 5.91 Å². The monoisotopic (exact) mass is 304 g/mol. The molecule has 2 N–H and O–H groups in total. The van der Waals surface area contributed by atoms with Crippen molar-refractivity contribution in [2.45, 2.75) is 32.6 Å². The second-order valence-corrected chi connectivity index (χ2v) is 6.42. The summed E-state index contributed by atoms with van der Waals surface area (Å²) in [5, 5.41) is 6.28. The van der Waals surface area contributed by atoms with Crippen LogP contribution in [-0.2, 0) is 14.3 Å². The van der Waals surface area contributed by atoms with Crippen LogP contribution < -0.4 is 10.6 Å². The van der Waals surface area contributed by atoms with E-state index in [-0.39, 0.29) is 23.5 Å². The molecule has 1 atom stereocenters. The summed E-state index contributed by atoms with van der Waals surface area (Å²) in [7, 11) is 0. The molecule has 3 rings (SSSR count). The fourth-order valence-electron chi connectivity index (χ4n) is 3.61. The van der Waals surface area contributed by atoms with Crippen molar-refractivity contribution >= 4 is 11.7 Å². The zero-order valence-electron chi connectivity index (χ0n) is 13.1. The maximum absolute atomic E-state index is 12.3. The van der Waals surface area contributed by atoms with Gasteiger partial charge in [0.1, 0.15) is 12.4 Å². The number of carbonyl (C=O) groups excluding carboxylic acids is 2. The third-order valence-corrected chi connectivity index (χ3v) is 5.04. The predicted octanol–water partition coefficient (Wildman–Crippen LogP) is 1.31. The van der Waals surface area contributed by atoms with E-state index < -0.39 is 0 Å². The third kappa shape index (κ3) is 3.09. The number of Topliss-reactive ketones (excluding diaryl/α,β-unsaturated/α-hetero) is 1. The number of ketones is 1. The predicted molar refractivity (Wildman–Crippen MR) is 83.1 cm³/mol. The van der Waals surface area contributed by atoms with E-state index >= 15 is 0 Å². The summed E-state index contributed by atoms with van der Waals surface area (Å²) in [4.78, 5) is 24.4. The summed E-state index contributed by atoms with van der Waals surface area (Å²) in [6, 6.07) is 0. The second kappa shape index (κ2) is 6.65. The van der Waals surface area contributed by atoms with E-state index in [0.29, 0.717) is 26.0 Å². The third-order valence-electron chi connectivity index (χ3n) is 5.04. The topological polar surface area (TPSA) is 67.4 Å². The van der Waals surface area contributed by atoms with Crippen LogP contribution in [0, 0.1) is 11.8 Å². The Balaban J connectivity index is 1.53. The van der Waals surface area contributed by atoms with E-state index in [0.717, 1.165) is 37.1 Å². The molecule has 0 aromatic heterocycles. The molecule has 0 aromatic rings. The Morgan fingerprint density at radius 2 is 2.18 bits per heavy atom. The molecule has 2 heterocycles. The lowest BCUT2D eigenvalue weighted by molar-refractivity contribution is -0.126. The summed E-state index contributed by atoms with van der Waals surface area (Å²) < 4.78 is 5.33. The number of carbonyl (C=O) groups is 2. The van der Waals surface area contributed by atoms with Crippen LogP contribution in [0.4, 0.5) is 0 Å². The SMILES string of the molecule is CC1=C2COC=C2CC(=O)C1CCNC(=O)C1CCNCC1. The van der Waals surface area contributed by atoms with Gasteiger partial charge in [0.15, 0.2) is 0 Å². The van der Waals surface area contributed by atoms with Gasteiger partial charge < -0.3 is 15.4 Å². The summed E-state index contributed by atoms with van der Waals surface area (Å²) in [5.41, 5.74) is 3.35. The first kappa shape index (κ1) is 15.3. The molecular weight excluding hydrogens is 280 g/mol. The molecular formula is C17H24N2O3. The molecule has 1 fully saturated rings. The van der Waals surface area contributed by atoms with Crippen molar-refractivity contribution in [3.05, 3.63) is 23.0 Å². The Hall–Kier alpha value is -1.62. The normalized spacial score (nSPS) is 25.6. The minimum Gasteiger partial charge on any atom is -0.496 e. The summed E-state index contributed by atoms with van der Waals surface area (Å²) >= 11 is 0. The van der Waals surface area contributed by atoms with Crippen LogP contribution in [0.25, 0.3) is 0 Å². The number of rotatable bonds is 4. The minimum absolute atomic E-state index is 0.0674. The van der Waals surface area contributed by atoms with Crippen molar-refractivity contribution in [2.75, 3.05) is 26.2 Å². The molecule has 0 radical (unpaired) electrons. The average molecular weight is 304 g/mol. The Morgan fingerprint density at radius 1 is 1.41 bits per heavy atom. The number of hydrogen-bond donors (Lipinski definition) is 2. The van der Waals surface area contributed by atoms with Crippen LogP contribution in [0.2, 0.25) is 0 Å². The number of amides is 1. The summed E-state index contributed by atoms with van der Waals surface area (Å²) in [6.07, 6.45) is 4.69. The van der Waals surface area contributed by atoms with Crippen molar-refractivity contribution in [3.8, 4) is 0 Å². The molecule has 2 aliphatic heterocycles. The first-order valence-electron chi connectivity index (χ1n) is 8.18. The highest BCUT2D eigenvalue weighted by Gasteiger charge is 2.32. The van der Waals surface area contributed by atoms with Crippen molar-refractivity contribution in [1.82, 2.24) is 10.6 Å². The summed E-state index contributed by atoms with van der Waals surface area (Å²) in [6.45, 7) is 5.02. The minimum atomic E-state index is -0.0674. The van der Waals surface area contributed by atoms with Crippen molar-refractivity contribution in [2.24, 2.45) is 11.8 Å². The average Bonchev–Trinajstić information content (AvgIpc) is 2.99. The second-order valence-electron chi connectivity index (χ2n) is 6.42. The van der Waals surface area contributed by atoms with Crippen molar-refractivity contribution in [3.63, 3.8) is 0 Å². The van der Waals surface area contributed by atoms with Crippen molar-refractivity contribution in [1.29, 1.82) is 0 Å². The number of hydrogen-bond acceptors (Lipinski definition) is 4. The molecule has 5 heteroatoms. The van der Waals surface area contributed by atoms with Gasteiger partial charge in [-0.15, -0.1) is 0 Å². The highest BCUT2D eigenvalue weighted by Crippen LogP contribution is 2.36. The molecule has 0 saturated carbocycles. The number of piperidine rings is 1. The van der Waals surface area contributed by atoms with Crippen LogP contribution >= 0.6 is 0 Å². The van der Waals surface area contributed by atoms with E-state index in [1.54, 1.807) is 6.26 Å². The van der Waals surface area contributed by atoms with Gasteiger partial charge in [-0.25, -0.2) is 0 Å². The first-order valence-corrected chi connectivity index (χ1v) is 8.18.